The third-order valence-electron chi connectivity index (χ3n) is 2.15. The van der Waals surface area contributed by atoms with Crippen LogP contribution in [0.3, 0.4) is 0 Å². The van der Waals surface area contributed by atoms with Gasteiger partial charge in [-0.2, -0.15) is 0 Å². The van der Waals surface area contributed by atoms with E-state index in [2.05, 4.69) is 17.2 Å². The van der Waals surface area contributed by atoms with Gasteiger partial charge in [-0.25, -0.2) is 0 Å². The van der Waals surface area contributed by atoms with Gasteiger partial charge in [0.1, 0.15) is 0 Å². The lowest BCUT2D eigenvalue weighted by Crippen LogP contribution is -2.45. The van der Waals surface area contributed by atoms with Crippen molar-refractivity contribution in [3.8, 4) is 11.8 Å². The Labute approximate surface area is 74.7 Å². The molecule has 0 spiro atoms. The van der Waals surface area contributed by atoms with Gasteiger partial charge in [0.25, 0.3) is 0 Å². The zero-order valence-corrected chi connectivity index (χ0v) is 7.89. The first-order valence-corrected chi connectivity index (χ1v) is 4.61. The van der Waals surface area contributed by atoms with Crippen molar-refractivity contribution < 1.29 is 4.74 Å². The van der Waals surface area contributed by atoms with Crippen LogP contribution in [0.25, 0.3) is 0 Å². The fraction of sp³-hybridized carbons (Fsp3) is 0.800. The minimum atomic E-state index is 0.502. The molecule has 0 aromatic carbocycles. The van der Waals surface area contributed by atoms with Crippen LogP contribution < -0.4 is 5.32 Å². The lowest BCUT2D eigenvalue weighted by molar-refractivity contribution is -0.00887. The molecule has 12 heavy (non-hydrogen) atoms. The summed E-state index contributed by atoms with van der Waals surface area (Å²) in [5.41, 5.74) is 0. The molecule has 0 aromatic heterocycles. The largest absolute Gasteiger partial charge is 0.378 e. The number of ether oxygens (including phenoxy) is 1. The number of hydrogen-bond donors (Lipinski definition) is 1. The first kappa shape index (κ1) is 9.57. The summed E-state index contributed by atoms with van der Waals surface area (Å²) in [5.74, 6) is 5.86. The Morgan fingerprint density at radius 2 is 2.25 bits per heavy atom. The maximum absolute atomic E-state index is 5.44. The Morgan fingerprint density at radius 3 is 2.83 bits per heavy atom. The van der Waals surface area contributed by atoms with Crippen LogP contribution in [0.15, 0.2) is 0 Å². The Morgan fingerprint density at radius 1 is 1.50 bits per heavy atom. The minimum Gasteiger partial charge on any atom is -0.378 e. The Bertz CT molecular complexity index is 174. The van der Waals surface area contributed by atoms with Gasteiger partial charge in [0, 0.05) is 12.6 Å². The summed E-state index contributed by atoms with van der Waals surface area (Å²) in [6.45, 7) is 5.57. The molecular formula is C10H17NO. The summed E-state index contributed by atoms with van der Waals surface area (Å²) >= 11 is 0. The van der Waals surface area contributed by atoms with E-state index in [1.54, 1.807) is 0 Å². The van der Waals surface area contributed by atoms with E-state index in [-0.39, 0.29) is 0 Å². The van der Waals surface area contributed by atoms with Gasteiger partial charge in [-0.1, -0.05) is 5.92 Å². The molecule has 0 atom stereocenters. The van der Waals surface area contributed by atoms with Crippen LogP contribution in [-0.4, -0.2) is 25.3 Å². The minimum absolute atomic E-state index is 0.502. The maximum Gasteiger partial charge on any atom is 0.0604 e. The summed E-state index contributed by atoms with van der Waals surface area (Å²) in [6.07, 6.45) is 2.81. The molecule has 68 valence electrons. The Hall–Kier alpha value is -0.520. The Kier molecular flexibility index (Phi) is 4.13. The molecular weight excluding hydrogens is 150 g/mol. The normalized spacial score (nSPS) is 27.2. The van der Waals surface area contributed by atoms with Gasteiger partial charge >= 0.3 is 0 Å². The van der Waals surface area contributed by atoms with Gasteiger partial charge < -0.3 is 10.1 Å². The molecule has 0 unspecified atom stereocenters. The van der Waals surface area contributed by atoms with Crippen molar-refractivity contribution in [2.45, 2.75) is 38.8 Å². The molecule has 0 aliphatic heterocycles. The molecule has 0 amide bonds. The molecule has 0 radical (unpaired) electrons. The molecule has 1 rings (SSSR count). The number of rotatable bonds is 4. The van der Waals surface area contributed by atoms with Crippen molar-refractivity contribution in [1.82, 2.24) is 5.32 Å². The molecule has 1 fully saturated rings. The van der Waals surface area contributed by atoms with E-state index in [9.17, 15) is 0 Å². The average molecular weight is 167 g/mol. The summed E-state index contributed by atoms with van der Waals surface area (Å²) in [6, 6.07) is 0.641. The Balaban J connectivity index is 1.97. The summed E-state index contributed by atoms with van der Waals surface area (Å²) in [7, 11) is 0. The van der Waals surface area contributed by atoms with E-state index < -0.39 is 0 Å². The quantitative estimate of drug-likeness (QED) is 0.635. The van der Waals surface area contributed by atoms with Crippen molar-refractivity contribution >= 4 is 0 Å². The second-order valence-electron chi connectivity index (χ2n) is 3.05. The second-order valence-corrected chi connectivity index (χ2v) is 3.05. The van der Waals surface area contributed by atoms with Crippen LogP contribution >= 0.6 is 0 Å². The highest BCUT2D eigenvalue weighted by Crippen LogP contribution is 2.22. The molecule has 0 saturated heterocycles. The topological polar surface area (TPSA) is 21.3 Å². The van der Waals surface area contributed by atoms with Crippen molar-refractivity contribution in [2.24, 2.45) is 0 Å². The molecule has 0 heterocycles. The van der Waals surface area contributed by atoms with Crippen LogP contribution in [-0.2, 0) is 4.74 Å². The van der Waals surface area contributed by atoms with Crippen LogP contribution in [0.2, 0.25) is 0 Å². The van der Waals surface area contributed by atoms with E-state index in [0.717, 1.165) is 26.0 Å². The van der Waals surface area contributed by atoms with Crippen LogP contribution in [0.5, 0.6) is 0 Å². The van der Waals surface area contributed by atoms with E-state index >= 15 is 0 Å². The van der Waals surface area contributed by atoms with Crippen molar-refractivity contribution in [3.05, 3.63) is 0 Å². The highest BCUT2D eigenvalue weighted by molar-refractivity contribution is 4.99. The van der Waals surface area contributed by atoms with E-state index in [1.807, 2.05) is 13.8 Å². The van der Waals surface area contributed by atoms with Gasteiger partial charge in [-0.15, -0.1) is 5.92 Å². The SMILES string of the molecule is CC#CCNC1CC(OCC)C1. The third kappa shape index (κ3) is 2.84. The molecule has 0 bridgehead atoms. The predicted octanol–water partition coefficient (Wildman–Crippen LogP) is 1.17. The molecule has 2 nitrogen and oxygen atoms in total. The van der Waals surface area contributed by atoms with Crippen molar-refractivity contribution in [1.29, 1.82) is 0 Å². The third-order valence-corrected chi connectivity index (χ3v) is 2.15. The molecule has 1 aliphatic rings. The lowest BCUT2D eigenvalue weighted by Gasteiger charge is -2.35. The molecule has 2 heteroatoms. The molecule has 1 N–H and O–H groups in total. The van der Waals surface area contributed by atoms with Crippen molar-refractivity contribution in [3.63, 3.8) is 0 Å². The zero-order chi connectivity index (χ0) is 8.81. The van der Waals surface area contributed by atoms with Crippen molar-refractivity contribution in [2.75, 3.05) is 13.2 Å². The van der Waals surface area contributed by atoms with Crippen LogP contribution in [0.4, 0.5) is 0 Å². The summed E-state index contributed by atoms with van der Waals surface area (Å²) < 4.78 is 5.44. The lowest BCUT2D eigenvalue weighted by atomic mass is 9.89. The predicted molar refractivity (Wildman–Crippen MR) is 49.9 cm³/mol. The van der Waals surface area contributed by atoms with E-state index in [0.29, 0.717) is 12.1 Å². The van der Waals surface area contributed by atoms with Gasteiger partial charge in [-0.05, 0) is 26.7 Å². The first-order valence-electron chi connectivity index (χ1n) is 4.61. The maximum atomic E-state index is 5.44. The van der Waals surface area contributed by atoms with E-state index in [4.69, 9.17) is 4.74 Å². The molecule has 1 saturated carbocycles. The number of hydrogen-bond acceptors (Lipinski definition) is 2. The smallest absolute Gasteiger partial charge is 0.0604 e. The molecule has 0 aromatic rings. The zero-order valence-electron chi connectivity index (χ0n) is 7.89. The summed E-state index contributed by atoms with van der Waals surface area (Å²) in [5, 5.41) is 3.35. The van der Waals surface area contributed by atoms with Crippen LogP contribution in [0, 0.1) is 11.8 Å². The van der Waals surface area contributed by atoms with Gasteiger partial charge in [-0.3, -0.25) is 0 Å². The first-order chi connectivity index (χ1) is 5.86. The second kappa shape index (κ2) is 5.18. The monoisotopic (exact) mass is 167 g/mol. The van der Waals surface area contributed by atoms with Gasteiger partial charge in [0.05, 0.1) is 12.6 Å². The fourth-order valence-corrected chi connectivity index (χ4v) is 1.39. The standard InChI is InChI=1S/C10H17NO/c1-3-5-6-11-9-7-10(8-9)12-4-2/h9-11H,4,6-8H2,1-2H3. The van der Waals surface area contributed by atoms with Crippen LogP contribution in [0.1, 0.15) is 26.7 Å². The molecule has 1 aliphatic carbocycles. The van der Waals surface area contributed by atoms with E-state index in [1.165, 1.54) is 0 Å². The fourth-order valence-electron chi connectivity index (χ4n) is 1.39. The summed E-state index contributed by atoms with van der Waals surface area (Å²) in [4.78, 5) is 0. The van der Waals surface area contributed by atoms with Gasteiger partial charge in [0.15, 0.2) is 0 Å². The number of nitrogens with one attached hydrogen (secondary N) is 1. The van der Waals surface area contributed by atoms with Gasteiger partial charge in [0.2, 0.25) is 0 Å². The highest BCUT2D eigenvalue weighted by atomic mass is 16.5. The average Bonchev–Trinajstić information content (AvgIpc) is 2.00. The highest BCUT2D eigenvalue weighted by Gasteiger charge is 2.28.